The minimum Gasteiger partial charge on any atom is -0.393 e. The van der Waals surface area contributed by atoms with Gasteiger partial charge in [0, 0.05) is 57.2 Å². The van der Waals surface area contributed by atoms with Crippen molar-refractivity contribution < 1.29 is 5.11 Å². The van der Waals surface area contributed by atoms with Gasteiger partial charge in [-0.2, -0.15) is 4.98 Å². The highest BCUT2D eigenvalue weighted by Gasteiger charge is 2.22. The molecule has 2 aromatic rings. The number of hydrogen-bond donors (Lipinski definition) is 3. The molecule has 1 aliphatic heterocycles. The molecule has 2 aliphatic rings. The average molecular weight is 468 g/mol. The number of aliphatic hydroxyl groups excluding tert-OH is 1. The van der Waals surface area contributed by atoms with Crippen molar-refractivity contribution in [2.24, 2.45) is 0 Å². The molecule has 3 N–H and O–H groups in total. The third-order valence-corrected chi connectivity index (χ3v) is 7.03. The van der Waals surface area contributed by atoms with E-state index in [9.17, 15) is 5.11 Å². The zero-order valence-corrected chi connectivity index (χ0v) is 21.0. The Bertz CT molecular complexity index is 891. The Morgan fingerprint density at radius 2 is 1.82 bits per heavy atom. The largest absolute Gasteiger partial charge is 0.393 e. The minimum atomic E-state index is -0.176. The van der Waals surface area contributed by atoms with Gasteiger partial charge >= 0.3 is 0 Å². The molecule has 3 heterocycles. The molecule has 8 heteroatoms. The van der Waals surface area contributed by atoms with Gasteiger partial charge in [-0.15, -0.1) is 0 Å². The lowest BCUT2D eigenvalue weighted by Gasteiger charge is -2.32. The summed E-state index contributed by atoms with van der Waals surface area (Å²) >= 11 is 0. The van der Waals surface area contributed by atoms with Gasteiger partial charge in [0.25, 0.3) is 0 Å². The minimum absolute atomic E-state index is 0.176. The van der Waals surface area contributed by atoms with Gasteiger partial charge in [0.2, 0.25) is 5.95 Å². The summed E-state index contributed by atoms with van der Waals surface area (Å²) in [4.78, 5) is 19.1. The Morgan fingerprint density at radius 1 is 1.06 bits per heavy atom. The Morgan fingerprint density at radius 3 is 2.50 bits per heavy atom. The molecule has 1 atom stereocenters. The molecule has 8 nitrogen and oxygen atoms in total. The zero-order valence-electron chi connectivity index (χ0n) is 21.0. The second kappa shape index (κ2) is 11.9. The molecule has 186 valence electrons. The molecule has 0 bridgehead atoms. The maximum Gasteiger partial charge on any atom is 0.224 e. The van der Waals surface area contributed by atoms with Crippen molar-refractivity contribution in [2.45, 2.75) is 77.1 Å². The summed E-state index contributed by atoms with van der Waals surface area (Å²) in [6.07, 6.45) is 9.43. The Hall–Kier alpha value is -2.29. The predicted octanol–water partition coefficient (Wildman–Crippen LogP) is 3.60. The summed E-state index contributed by atoms with van der Waals surface area (Å²) in [6.45, 7) is 9.72. The lowest BCUT2D eigenvalue weighted by atomic mass is 9.93. The van der Waals surface area contributed by atoms with Crippen LogP contribution in [0.15, 0.2) is 24.5 Å². The number of likely N-dealkylation sites (N-methyl/N-ethyl adjacent to an activating group) is 1. The van der Waals surface area contributed by atoms with Crippen LogP contribution < -0.4 is 10.6 Å². The number of piperazine rings is 1. The molecule has 2 fully saturated rings. The summed E-state index contributed by atoms with van der Waals surface area (Å²) in [5.74, 6) is 1.47. The first-order valence-electron chi connectivity index (χ1n) is 12.9. The Kier molecular flexibility index (Phi) is 8.69. The van der Waals surface area contributed by atoms with Gasteiger partial charge in [-0.05, 0) is 57.7 Å². The SMILES string of the molecule is CCC[C@H](C)Nc1ncc(-c2ccc(CN3CCN(C)CC3)cn2)c(NC2CCC(O)CC2)n1. The third kappa shape index (κ3) is 6.87. The number of anilines is 2. The first kappa shape index (κ1) is 24.8. The topological polar surface area (TPSA) is 89.4 Å². The maximum absolute atomic E-state index is 9.90. The van der Waals surface area contributed by atoms with Crippen molar-refractivity contribution >= 4 is 11.8 Å². The fraction of sp³-hybridized carbons (Fsp3) is 0.654. The van der Waals surface area contributed by atoms with Gasteiger partial charge in [-0.1, -0.05) is 19.4 Å². The summed E-state index contributed by atoms with van der Waals surface area (Å²) in [5.41, 5.74) is 3.04. The standard InChI is InChI=1S/C26H41N7O/c1-4-5-19(2)29-26-28-17-23(25(31-26)30-21-7-9-22(34)10-8-21)24-11-6-20(16-27-24)18-33-14-12-32(3)13-15-33/h6,11,16-17,19,21-22,34H,4-5,7-10,12-15,18H2,1-3H3,(H2,28,29,30,31)/t19-,21?,22?/m0/s1. The highest BCUT2D eigenvalue weighted by Crippen LogP contribution is 2.29. The highest BCUT2D eigenvalue weighted by atomic mass is 16.3. The second-order valence-corrected chi connectivity index (χ2v) is 10.1. The molecular weight excluding hydrogens is 426 g/mol. The fourth-order valence-corrected chi connectivity index (χ4v) is 4.83. The number of pyridine rings is 1. The monoisotopic (exact) mass is 467 g/mol. The Labute approximate surface area is 204 Å². The number of nitrogens with zero attached hydrogens (tertiary/aromatic N) is 5. The van der Waals surface area contributed by atoms with Gasteiger partial charge in [0.1, 0.15) is 5.82 Å². The van der Waals surface area contributed by atoms with E-state index in [1.807, 2.05) is 12.4 Å². The van der Waals surface area contributed by atoms with Crippen molar-refractivity contribution in [2.75, 3.05) is 43.9 Å². The van der Waals surface area contributed by atoms with Gasteiger partial charge in [-0.25, -0.2) is 4.98 Å². The zero-order chi connectivity index (χ0) is 23.9. The molecular formula is C26H41N7O. The first-order chi connectivity index (χ1) is 16.5. The normalized spacial score (nSPS) is 22.9. The molecule has 34 heavy (non-hydrogen) atoms. The van der Waals surface area contributed by atoms with Crippen LogP contribution in [0, 0.1) is 0 Å². The van der Waals surface area contributed by atoms with E-state index in [1.54, 1.807) is 0 Å². The summed E-state index contributed by atoms with van der Waals surface area (Å²) < 4.78 is 0. The molecule has 1 saturated heterocycles. The smallest absolute Gasteiger partial charge is 0.224 e. The van der Waals surface area contributed by atoms with Crippen molar-refractivity contribution in [1.29, 1.82) is 0 Å². The van der Waals surface area contributed by atoms with E-state index in [0.717, 1.165) is 88.3 Å². The van der Waals surface area contributed by atoms with E-state index >= 15 is 0 Å². The van der Waals surface area contributed by atoms with Crippen LogP contribution in [0.4, 0.5) is 11.8 Å². The molecule has 0 amide bonds. The van der Waals surface area contributed by atoms with E-state index in [4.69, 9.17) is 9.97 Å². The molecule has 0 radical (unpaired) electrons. The fourth-order valence-electron chi connectivity index (χ4n) is 4.83. The lowest BCUT2D eigenvalue weighted by molar-refractivity contribution is 0.126. The highest BCUT2D eigenvalue weighted by molar-refractivity contribution is 5.73. The van der Waals surface area contributed by atoms with Crippen molar-refractivity contribution in [1.82, 2.24) is 24.8 Å². The maximum atomic E-state index is 9.90. The summed E-state index contributed by atoms with van der Waals surface area (Å²) in [7, 11) is 2.18. The van der Waals surface area contributed by atoms with Crippen molar-refractivity contribution in [3.05, 3.63) is 30.1 Å². The van der Waals surface area contributed by atoms with E-state index in [0.29, 0.717) is 18.0 Å². The second-order valence-electron chi connectivity index (χ2n) is 10.1. The molecule has 1 saturated carbocycles. The molecule has 4 rings (SSSR count). The number of nitrogens with one attached hydrogen (secondary N) is 2. The summed E-state index contributed by atoms with van der Waals surface area (Å²) in [6, 6.07) is 4.89. The van der Waals surface area contributed by atoms with Gasteiger partial charge in [0.15, 0.2) is 0 Å². The van der Waals surface area contributed by atoms with Crippen LogP contribution >= 0.6 is 0 Å². The average Bonchev–Trinajstić information content (AvgIpc) is 2.83. The van der Waals surface area contributed by atoms with Crippen LogP contribution in [-0.2, 0) is 6.54 Å². The molecule has 2 aromatic heterocycles. The van der Waals surface area contributed by atoms with Crippen LogP contribution in [0.3, 0.4) is 0 Å². The quantitative estimate of drug-likeness (QED) is 0.515. The van der Waals surface area contributed by atoms with Gasteiger partial charge in [-0.3, -0.25) is 9.88 Å². The summed E-state index contributed by atoms with van der Waals surface area (Å²) in [5, 5.41) is 17.0. The van der Waals surface area contributed by atoms with Crippen LogP contribution in [-0.4, -0.2) is 81.3 Å². The number of rotatable bonds is 9. The van der Waals surface area contributed by atoms with E-state index in [1.165, 1.54) is 5.56 Å². The first-order valence-corrected chi connectivity index (χ1v) is 12.9. The van der Waals surface area contributed by atoms with Crippen LogP contribution in [0.5, 0.6) is 0 Å². The molecule has 0 unspecified atom stereocenters. The van der Waals surface area contributed by atoms with Crippen molar-refractivity contribution in [3.63, 3.8) is 0 Å². The third-order valence-electron chi connectivity index (χ3n) is 7.03. The van der Waals surface area contributed by atoms with E-state index in [2.05, 4.69) is 58.4 Å². The number of aromatic nitrogens is 3. The van der Waals surface area contributed by atoms with Gasteiger partial charge < -0.3 is 20.6 Å². The predicted molar refractivity (Wildman–Crippen MR) is 138 cm³/mol. The lowest BCUT2D eigenvalue weighted by Crippen LogP contribution is -2.43. The van der Waals surface area contributed by atoms with Crippen LogP contribution in [0.2, 0.25) is 0 Å². The number of hydrogen-bond acceptors (Lipinski definition) is 8. The molecule has 0 spiro atoms. The number of aliphatic hydroxyl groups is 1. The van der Waals surface area contributed by atoms with Crippen LogP contribution in [0.25, 0.3) is 11.3 Å². The van der Waals surface area contributed by atoms with E-state index in [-0.39, 0.29) is 6.10 Å². The molecule has 0 aromatic carbocycles. The van der Waals surface area contributed by atoms with Crippen LogP contribution in [0.1, 0.15) is 57.9 Å². The molecule has 1 aliphatic carbocycles. The Balaban J connectivity index is 1.50. The van der Waals surface area contributed by atoms with Gasteiger partial charge in [0.05, 0.1) is 17.4 Å². The van der Waals surface area contributed by atoms with Crippen molar-refractivity contribution in [3.8, 4) is 11.3 Å². The van der Waals surface area contributed by atoms with E-state index < -0.39 is 0 Å².